The molecule has 0 amide bonds. The molecule has 104 valence electrons. The number of carbonyl (C=O) groups is 1. The minimum atomic E-state index is -1.01. The molecule has 3 heterocycles. The highest BCUT2D eigenvalue weighted by molar-refractivity contribution is 5.70. The molecule has 2 atom stereocenters. The number of hydrogen-bond acceptors (Lipinski definition) is 6. The molecule has 2 saturated heterocycles. The highest BCUT2D eigenvalue weighted by Gasteiger charge is 2.39. The summed E-state index contributed by atoms with van der Waals surface area (Å²) in [5, 5.41) is 17.7. The van der Waals surface area contributed by atoms with Gasteiger partial charge in [-0.3, -0.25) is 9.69 Å². The smallest absolute Gasteiger partial charge is 0.308 e. The van der Waals surface area contributed by atoms with Crippen LogP contribution in [0.15, 0.2) is 6.20 Å². The number of hydrogen-bond donors (Lipinski definition) is 2. The Kier molecular flexibility index (Phi) is 4.28. The predicted octanol–water partition coefficient (Wildman–Crippen LogP) is 0.0300. The quantitative estimate of drug-likeness (QED) is 0.746. The fourth-order valence-electron chi connectivity index (χ4n) is 1.74. The van der Waals surface area contributed by atoms with Crippen LogP contribution < -0.4 is 0 Å². The zero-order valence-electron chi connectivity index (χ0n) is 10.7. The van der Waals surface area contributed by atoms with E-state index in [9.17, 15) is 9.90 Å². The summed E-state index contributed by atoms with van der Waals surface area (Å²) in [7, 11) is 0. The van der Waals surface area contributed by atoms with E-state index in [-0.39, 0.29) is 17.9 Å². The van der Waals surface area contributed by atoms with E-state index >= 15 is 0 Å². The molecule has 0 radical (unpaired) electrons. The van der Waals surface area contributed by atoms with Gasteiger partial charge in [0.25, 0.3) is 0 Å². The van der Waals surface area contributed by atoms with Crippen LogP contribution >= 0.6 is 0 Å². The van der Waals surface area contributed by atoms with Crippen molar-refractivity contribution in [3.05, 3.63) is 17.6 Å². The van der Waals surface area contributed by atoms with Crippen LogP contribution in [0, 0.1) is 0 Å². The van der Waals surface area contributed by atoms with Gasteiger partial charge in [0.15, 0.2) is 0 Å². The number of ether oxygens (including phenoxy) is 1. The van der Waals surface area contributed by atoms with Crippen molar-refractivity contribution in [3.63, 3.8) is 0 Å². The largest absolute Gasteiger partial charge is 0.493 e. The number of aromatic nitrogens is 2. The van der Waals surface area contributed by atoms with Crippen LogP contribution in [-0.2, 0) is 22.4 Å². The molecule has 0 spiro atoms. The lowest BCUT2D eigenvalue weighted by Gasteiger charge is -2.01. The van der Waals surface area contributed by atoms with Crippen molar-refractivity contribution < 1.29 is 19.7 Å². The summed E-state index contributed by atoms with van der Waals surface area (Å²) in [5.41, 5.74) is 0.240. The number of aromatic hydroxyl groups is 1. The van der Waals surface area contributed by atoms with Gasteiger partial charge in [-0.2, -0.15) is 4.98 Å². The van der Waals surface area contributed by atoms with Crippen LogP contribution in [-0.4, -0.2) is 57.0 Å². The molecule has 7 nitrogen and oxygen atoms in total. The Balaban J connectivity index is 0.000000180. The molecule has 3 rings (SSSR count). The first-order valence-corrected chi connectivity index (χ1v) is 6.21. The van der Waals surface area contributed by atoms with Crippen molar-refractivity contribution in [3.8, 4) is 5.88 Å². The average Bonchev–Trinajstić information content (AvgIpc) is 2.99. The van der Waals surface area contributed by atoms with Gasteiger partial charge in [0.05, 0.1) is 13.0 Å². The van der Waals surface area contributed by atoms with Crippen molar-refractivity contribution in [2.75, 3.05) is 19.7 Å². The van der Waals surface area contributed by atoms with Crippen LogP contribution in [0.4, 0.5) is 0 Å². The standard InChI is InChI=1S/C8H10N2O3.C4H7NO/c1-2-6-9-4-5(3-7(11)12)8(13)10-6;1-2-6-4-3-5(1)4/h4H,2-3H2,1H3,(H,11,12)(H,9,10,13);4H,1-3H2. The zero-order chi connectivity index (χ0) is 13.8. The lowest BCUT2D eigenvalue weighted by Crippen LogP contribution is -2.03. The lowest BCUT2D eigenvalue weighted by molar-refractivity contribution is -0.136. The van der Waals surface area contributed by atoms with Crippen LogP contribution in [0.3, 0.4) is 0 Å². The third kappa shape index (κ3) is 3.87. The van der Waals surface area contributed by atoms with E-state index in [1.54, 1.807) is 0 Å². The number of nitrogens with zero attached hydrogens (tertiary/aromatic N) is 3. The topological polar surface area (TPSA) is 95.6 Å². The van der Waals surface area contributed by atoms with Gasteiger partial charge in [0, 0.05) is 31.3 Å². The number of morpholine rings is 1. The van der Waals surface area contributed by atoms with Gasteiger partial charge in [0.2, 0.25) is 5.88 Å². The molecule has 1 aromatic heterocycles. The maximum atomic E-state index is 10.3. The van der Waals surface area contributed by atoms with Crippen molar-refractivity contribution in [1.82, 2.24) is 14.9 Å². The van der Waals surface area contributed by atoms with Crippen LogP contribution in [0.25, 0.3) is 0 Å². The summed E-state index contributed by atoms with van der Waals surface area (Å²) in [4.78, 5) is 20.2. The number of rotatable bonds is 3. The maximum Gasteiger partial charge on any atom is 0.308 e. The number of aliphatic carboxylic acids is 1. The number of aryl methyl sites for hydroxylation is 1. The fraction of sp³-hybridized carbons (Fsp3) is 0.583. The van der Waals surface area contributed by atoms with Crippen molar-refractivity contribution in [2.24, 2.45) is 0 Å². The van der Waals surface area contributed by atoms with Gasteiger partial charge in [-0.25, -0.2) is 4.98 Å². The second-order valence-corrected chi connectivity index (χ2v) is 4.38. The van der Waals surface area contributed by atoms with E-state index in [0.29, 0.717) is 18.5 Å². The molecule has 2 N–H and O–H groups in total. The van der Waals surface area contributed by atoms with Crippen LogP contribution in [0.1, 0.15) is 18.3 Å². The highest BCUT2D eigenvalue weighted by Crippen LogP contribution is 2.22. The molecule has 2 unspecified atom stereocenters. The van der Waals surface area contributed by atoms with Gasteiger partial charge in [-0.15, -0.1) is 0 Å². The molecule has 0 saturated carbocycles. The Hall–Kier alpha value is -1.73. The monoisotopic (exact) mass is 267 g/mol. The second kappa shape index (κ2) is 5.94. The third-order valence-corrected chi connectivity index (χ3v) is 2.90. The van der Waals surface area contributed by atoms with Gasteiger partial charge >= 0.3 is 5.97 Å². The summed E-state index contributed by atoms with van der Waals surface area (Å²) in [6.45, 7) is 5.18. The first-order chi connectivity index (χ1) is 9.10. The molecule has 0 aromatic carbocycles. The van der Waals surface area contributed by atoms with Crippen molar-refractivity contribution in [1.29, 1.82) is 0 Å². The van der Waals surface area contributed by atoms with Crippen LogP contribution in [0.5, 0.6) is 5.88 Å². The van der Waals surface area contributed by atoms with E-state index in [2.05, 4.69) is 14.9 Å². The fourth-order valence-corrected chi connectivity index (χ4v) is 1.74. The van der Waals surface area contributed by atoms with Gasteiger partial charge in [-0.1, -0.05) is 6.92 Å². The van der Waals surface area contributed by atoms with Crippen molar-refractivity contribution >= 4 is 5.97 Å². The van der Waals surface area contributed by atoms with Crippen LogP contribution in [0.2, 0.25) is 0 Å². The molecule has 0 aliphatic carbocycles. The number of carboxylic acid groups (broad SMARTS) is 1. The molecule has 19 heavy (non-hydrogen) atoms. The minimum absolute atomic E-state index is 0.240. The lowest BCUT2D eigenvalue weighted by atomic mass is 10.2. The highest BCUT2D eigenvalue weighted by atomic mass is 16.5. The SMILES string of the molecule is C1CN2CC2O1.CCc1ncc(CC(=O)O)c(O)n1. The number of carboxylic acids is 1. The summed E-state index contributed by atoms with van der Waals surface area (Å²) >= 11 is 0. The normalized spacial score (nSPS) is 23.2. The van der Waals surface area contributed by atoms with E-state index in [4.69, 9.17) is 9.84 Å². The predicted molar refractivity (Wildman–Crippen MR) is 65.7 cm³/mol. The number of fused-ring (bicyclic) bond motifs is 1. The molecule has 2 aliphatic heterocycles. The molecule has 1 aromatic rings. The molecular weight excluding hydrogens is 250 g/mol. The minimum Gasteiger partial charge on any atom is -0.493 e. The Labute approximate surface area is 110 Å². The maximum absolute atomic E-state index is 10.3. The Morgan fingerprint density at radius 2 is 2.42 bits per heavy atom. The molecule has 7 heteroatoms. The molecular formula is C12H17N3O4. The first kappa shape index (κ1) is 13.7. The van der Waals surface area contributed by atoms with E-state index in [1.165, 1.54) is 19.3 Å². The summed E-state index contributed by atoms with van der Waals surface area (Å²) in [5.74, 6) is -0.746. The van der Waals surface area contributed by atoms with Crippen molar-refractivity contribution in [2.45, 2.75) is 26.0 Å². The first-order valence-electron chi connectivity index (χ1n) is 6.21. The van der Waals surface area contributed by atoms with Gasteiger partial charge in [-0.05, 0) is 0 Å². The Morgan fingerprint density at radius 3 is 2.79 bits per heavy atom. The van der Waals surface area contributed by atoms with Gasteiger partial charge < -0.3 is 14.9 Å². The van der Waals surface area contributed by atoms with Gasteiger partial charge in [0.1, 0.15) is 12.1 Å². The Bertz CT molecular complexity index is 458. The summed E-state index contributed by atoms with van der Waals surface area (Å²) < 4.78 is 5.15. The molecule has 2 aliphatic rings. The second-order valence-electron chi connectivity index (χ2n) is 4.38. The summed E-state index contributed by atoms with van der Waals surface area (Å²) in [6, 6.07) is 0. The molecule has 2 fully saturated rings. The van der Waals surface area contributed by atoms with E-state index < -0.39 is 5.97 Å². The third-order valence-electron chi connectivity index (χ3n) is 2.90. The van der Waals surface area contributed by atoms with E-state index in [1.807, 2.05) is 6.92 Å². The summed E-state index contributed by atoms with van der Waals surface area (Å²) in [6.07, 6.45) is 2.25. The van der Waals surface area contributed by atoms with E-state index in [0.717, 1.165) is 6.61 Å². The zero-order valence-corrected chi connectivity index (χ0v) is 10.7. The Morgan fingerprint density at radius 1 is 1.63 bits per heavy atom. The molecule has 0 bridgehead atoms. The average molecular weight is 267 g/mol.